The first-order valence-electron chi connectivity index (χ1n) is 3.51. The van der Waals surface area contributed by atoms with Crippen molar-refractivity contribution in [2.75, 3.05) is 0 Å². The Balaban J connectivity index is 3.84. The predicted octanol–water partition coefficient (Wildman–Crippen LogP) is 2.28. The highest BCUT2D eigenvalue weighted by Crippen LogP contribution is 2.02. The van der Waals surface area contributed by atoms with Crippen LogP contribution in [0.3, 0.4) is 0 Å². The molecule has 0 saturated carbocycles. The first kappa shape index (κ1) is 9.63. The third-order valence-electron chi connectivity index (χ3n) is 1.20. The van der Waals surface area contributed by atoms with Gasteiger partial charge in [0.05, 0.1) is 11.0 Å². The summed E-state index contributed by atoms with van der Waals surface area (Å²) >= 11 is 4.68. The SMILES string of the molecule is CC/C=C\C(C)(C)NC=S. The molecule has 2 heteroatoms. The van der Waals surface area contributed by atoms with Crippen LogP contribution >= 0.6 is 12.2 Å². The summed E-state index contributed by atoms with van der Waals surface area (Å²) in [6.45, 7) is 6.29. The normalized spacial score (nSPS) is 11.9. The van der Waals surface area contributed by atoms with Gasteiger partial charge < -0.3 is 5.32 Å². The van der Waals surface area contributed by atoms with Crippen molar-refractivity contribution in [3.63, 3.8) is 0 Å². The molecule has 0 rings (SSSR count). The van der Waals surface area contributed by atoms with Gasteiger partial charge in [0.2, 0.25) is 0 Å². The fourth-order valence-electron chi connectivity index (χ4n) is 0.612. The van der Waals surface area contributed by atoms with E-state index >= 15 is 0 Å². The van der Waals surface area contributed by atoms with Crippen LogP contribution < -0.4 is 5.32 Å². The van der Waals surface area contributed by atoms with Crippen molar-refractivity contribution < 1.29 is 0 Å². The van der Waals surface area contributed by atoms with Gasteiger partial charge in [-0.25, -0.2) is 0 Å². The molecular formula is C8H15NS. The van der Waals surface area contributed by atoms with Crippen LogP contribution in [-0.4, -0.2) is 11.0 Å². The maximum atomic E-state index is 4.68. The quantitative estimate of drug-likeness (QED) is 0.496. The van der Waals surface area contributed by atoms with E-state index in [9.17, 15) is 0 Å². The van der Waals surface area contributed by atoms with Gasteiger partial charge in [-0.15, -0.1) is 0 Å². The second-order valence-corrected chi connectivity index (χ2v) is 3.03. The summed E-state index contributed by atoms with van der Waals surface area (Å²) in [7, 11) is 0. The maximum Gasteiger partial charge on any atom is 0.0621 e. The smallest absolute Gasteiger partial charge is 0.0621 e. The molecule has 0 aliphatic rings. The lowest BCUT2D eigenvalue weighted by atomic mass is 10.1. The molecule has 58 valence electrons. The van der Waals surface area contributed by atoms with Crippen molar-refractivity contribution >= 4 is 17.7 Å². The van der Waals surface area contributed by atoms with E-state index in [1.54, 1.807) is 5.49 Å². The summed E-state index contributed by atoms with van der Waals surface area (Å²) in [5, 5.41) is 3.06. The molecule has 0 fully saturated rings. The van der Waals surface area contributed by atoms with Gasteiger partial charge in [-0.2, -0.15) is 0 Å². The Labute approximate surface area is 68.5 Å². The third kappa shape index (κ3) is 4.50. The summed E-state index contributed by atoms with van der Waals surface area (Å²) in [6, 6.07) is 0. The highest BCUT2D eigenvalue weighted by molar-refractivity contribution is 7.78. The van der Waals surface area contributed by atoms with Crippen molar-refractivity contribution in [1.29, 1.82) is 0 Å². The average Bonchev–Trinajstić information content (AvgIpc) is 1.84. The van der Waals surface area contributed by atoms with E-state index in [0.717, 1.165) is 6.42 Å². The minimum atomic E-state index is 0.0117. The number of allylic oxidation sites excluding steroid dienone is 1. The standard InChI is InChI=1S/C8H15NS/c1-4-5-6-8(2,3)9-7-10/h5-7H,4H2,1-3H3,(H,9,10)/b6-5-. The minimum absolute atomic E-state index is 0.0117. The van der Waals surface area contributed by atoms with E-state index in [-0.39, 0.29) is 5.54 Å². The van der Waals surface area contributed by atoms with Crippen LogP contribution in [-0.2, 0) is 0 Å². The van der Waals surface area contributed by atoms with Gasteiger partial charge in [-0.1, -0.05) is 31.3 Å². The zero-order chi connectivity index (χ0) is 8.04. The molecular weight excluding hydrogens is 142 g/mol. The van der Waals surface area contributed by atoms with E-state index in [1.807, 2.05) is 0 Å². The number of rotatable bonds is 4. The van der Waals surface area contributed by atoms with Crippen LogP contribution in [0.5, 0.6) is 0 Å². The summed E-state index contributed by atoms with van der Waals surface area (Å²) in [5.74, 6) is 0. The van der Waals surface area contributed by atoms with Crippen molar-refractivity contribution in [3.8, 4) is 0 Å². The maximum absolute atomic E-state index is 4.68. The summed E-state index contributed by atoms with van der Waals surface area (Å²) in [6.07, 6.45) is 5.32. The summed E-state index contributed by atoms with van der Waals surface area (Å²) < 4.78 is 0. The number of hydrogen-bond donors (Lipinski definition) is 1. The van der Waals surface area contributed by atoms with Crippen molar-refractivity contribution in [2.45, 2.75) is 32.7 Å². The third-order valence-corrected chi connectivity index (χ3v) is 1.32. The Bertz CT molecular complexity index is 127. The van der Waals surface area contributed by atoms with Crippen LogP contribution in [0.1, 0.15) is 27.2 Å². The molecule has 10 heavy (non-hydrogen) atoms. The summed E-state index contributed by atoms with van der Waals surface area (Å²) in [4.78, 5) is 0. The molecule has 0 bridgehead atoms. The highest BCUT2D eigenvalue weighted by Gasteiger charge is 2.08. The lowest BCUT2D eigenvalue weighted by molar-refractivity contribution is 0.585. The van der Waals surface area contributed by atoms with Crippen LogP contribution in [0, 0.1) is 0 Å². The first-order chi connectivity index (χ1) is 4.62. The Hall–Kier alpha value is -0.370. The van der Waals surface area contributed by atoms with Crippen molar-refractivity contribution in [1.82, 2.24) is 5.32 Å². The highest BCUT2D eigenvalue weighted by atomic mass is 32.1. The topological polar surface area (TPSA) is 12.0 Å². The van der Waals surface area contributed by atoms with Crippen LogP contribution in [0.25, 0.3) is 0 Å². The molecule has 0 aromatic rings. The molecule has 0 saturated heterocycles. The molecule has 0 aliphatic heterocycles. The average molecular weight is 157 g/mol. The molecule has 0 heterocycles. The fraction of sp³-hybridized carbons (Fsp3) is 0.625. The zero-order valence-corrected chi connectivity index (χ0v) is 7.66. The van der Waals surface area contributed by atoms with E-state index < -0.39 is 0 Å². The van der Waals surface area contributed by atoms with Gasteiger partial charge in [-0.3, -0.25) is 0 Å². The van der Waals surface area contributed by atoms with Gasteiger partial charge in [0.1, 0.15) is 0 Å². The van der Waals surface area contributed by atoms with Crippen molar-refractivity contribution in [2.24, 2.45) is 0 Å². The molecule has 1 N–H and O–H groups in total. The van der Waals surface area contributed by atoms with Gasteiger partial charge in [0.25, 0.3) is 0 Å². The molecule has 0 atom stereocenters. The van der Waals surface area contributed by atoms with E-state index in [1.165, 1.54) is 0 Å². The van der Waals surface area contributed by atoms with Crippen LogP contribution in [0.4, 0.5) is 0 Å². The molecule has 1 nitrogen and oxygen atoms in total. The largest absolute Gasteiger partial charge is 0.374 e. The minimum Gasteiger partial charge on any atom is -0.374 e. The second kappa shape index (κ2) is 4.45. The number of thiocarbonyl (C=S) groups is 1. The molecule has 0 radical (unpaired) electrons. The molecule has 0 aromatic heterocycles. The molecule has 0 aromatic carbocycles. The molecule has 0 amide bonds. The second-order valence-electron chi connectivity index (χ2n) is 2.79. The Kier molecular flexibility index (Phi) is 4.28. The van der Waals surface area contributed by atoms with E-state index in [0.29, 0.717) is 0 Å². The zero-order valence-electron chi connectivity index (χ0n) is 6.85. The Morgan fingerprint density at radius 3 is 2.50 bits per heavy atom. The van der Waals surface area contributed by atoms with Crippen LogP contribution in [0.2, 0.25) is 0 Å². The first-order valence-corrected chi connectivity index (χ1v) is 3.98. The van der Waals surface area contributed by atoms with Crippen LogP contribution in [0.15, 0.2) is 12.2 Å². The Morgan fingerprint density at radius 1 is 1.50 bits per heavy atom. The summed E-state index contributed by atoms with van der Waals surface area (Å²) in [5.41, 5.74) is 1.57. The fourth-order valence-corrected chi connectivity index (χ4v) is 0.916. The monoisotopic (exact) mass is 157 g/mol. The van der Waals surface area contributed by atoms with E-state index in [2.05, 4.69) is 50.5 Å². The van der Waals surface area contributed by atoms with Gasteiger partial charge >= 0.3 is 0 Å². The van der Waals surface area contributed by atoms with Gasteiger partial charge in [-0.05, 0) is 20.3 Å². The predicted molar refractivity (Wildman–Crippen MR) is 50.3 cm³/mol. The lowest BCUT2D eigenvalue weighted by Crippen LogP contribution is -2.35. The Morgan fingerprint density at radius 2 is 2.10 bits per heavy atom. The molecule has 0 spiro atoms. The lowest BCUT2D eigenvalue weighted by Gasteiger charge is -2.19. The van der Waals surface area contributed by atoms with E-state index in [4.69, 9.17) is 0 Å². The van der Waals surface area contributed by atoms with Gasteiger partial charge in [0.15, 0.2) is 0 Å². The van der Waals surface area contributed by atoms with Crippen molar-refractivity contribution in [3.05, 3.63) is 12.2 Å². The molecule has 0 unspecified atom stereocenters. The number of hydrogen-bond acceptors (Lipinski definition) is 1. The van der Waals surface area contributed by atoms with Gasteiger partial charge in [0, 0.05) is 0 Å². The molecule has 0 aliphatic carbocycles. The number of nitrogens with one attached hydrogen (secondary N) is 1.